The van der Waals surface area contributed by atoms with Gasteiger partial charge in [0.25, 0.3) is 5.91 Å². The zero-order valence-corrected chi connectivity index (χ0v) is 23.6. The molecular formula is C32H33N7O4. The number of carbonyl (C=O) groups is 3. The van der Waals surface area contributed by atoms with Crippen LogP contribution in [0.25, 0.3) is 16.6 Å². The van der Waals surface area contributed by atoms with E-state index in [4.69, 9.17) is 15.7 Å². The Kier molecular flexibility index (Phi) is 6.89. The highest BCUT2D eigenvalue weighted by Crippen LogP contribution is 2.38. The summed E-state index contributed by atoms with van der Waals surface area (Å²) in [4.78, 5) is 52.4. The molecule has 3 amide bonds. The van der Waals surface area contributed by atoms with E-state index < -0.39 is 24.1 Å². The lowest BCUT2D eigenvalue weighted by atomic mass is 9.80. The number of carbonyl (C=O) groups excluding carboxylic acids is 3. The number of amides is 3. The normalized spacial score (nSPS) is 25.9. The van der Waals surface area contributed by atoms with Crippen LogP contribution in [0.3, 0.4) is 0 Å². The molecule has 2 aliphatic heterocycles. The molecule has 220 valence electrons. The molecule has 2 saturated carbocycles. The highest BCUT2D eigenvalue weighted by Gasteiger charge is 2.44. The predicted molar refractivity (Wildman–Crippen MR) is 161 cm³/mol. The van der Waals surface area contributed by atoms with Crippen LogP contribution in [-0.2, 0) is 9.59 Å². The number of allylic oxidation sites excluding steroid dienone is 2. The second-order valence-electron chi connectivity index (χ2n) is 11.9. The lowest BCUT2D eigenvalue weighted by molar-refractivity contribution is -0.139. The third-order valence-corrected chi connectivity index (χ3v) is 8.88. The molecule has 1 aromatic heterocycles. The molecule has 3 fully saturated rings. The summed E-state index contributed by atoms with van der Waals surface area (Å²) in [5.74, 6) is -0.534. The Labute approximate surface area is 248 Å². The van der Waals surface area contributed by atoms with Crippen LogP contribution in [0.5, 0.6) is 0 Å². The first kappa shape index (κ1) is 27.2. The maximum absolute atomic E-state index is 13.2. The van der Waals surface area contributed by atoms with Crippen molar-refractivity contribution in [2.45, 2.75) is 56.8 Å². The second kappa shape index (κ2) is 10.9. The van der Waals surface area contributed by atoms with Crippen LogP contribution in [0, 0.1) is 11.8 Å². The van der Waals surface area contributed by atoms with Gasteiger partial charge in [-0.1, -0.05) is 18.2 Å². The molecule has 0 radical (unpaired) electrons. The number of imide groups is 1. The number of benzene rings is 2. The Morgan fingerprint density at radius 3 is 2.67 bits per heavy atom. The highest BCUT2D eigenvalue weighted by atomic mass is 16.3. The second-order valence-corrected chi connectivity index (χ2v) is 11.9. The van der Waals surface area contributed by atoms with Crippen molar-refractivity contribution in [1.29, 1.82) is 0 Å². The number of hydrogen-bond acceptors (Lipinski definition) is 9. The average Bonchev–Trinajstić information content (AvgIpc) is 3.81. The van der Waals surface area contributed by atoms with E-state index in [-0.39, 0.29) is 24.8 Å². The number of fused-ring (bicyclic) bond motifs is 2. The molecular weight excluding hydrogens is 546 g/mol. The van der Waals surface area contributed by atoms with E-state index in [2.05, 4.69) is 15.6 Å². The van der Waals surface area contributed by atoms with Crippen LogP contribution in [0.15, 0.2) is 59.4 Å². The maximum Gasteiger partial charge on any atom is 0.257 e. The molecule has 0 bridgehead atoms. The molecule has 7 rings (SSSR count). The lowest BCUT2D eigenvalue weighted by Crippen LogP contribution is -2.53. The number of nitrogens with zero attached hydrogens (tertiary/aromatic N) is 4. The monoisotopic (exact) mass is 579 g/mol. The molecule has 43 heavy (non-hydrogen) atoms. The third kappa shape index (κ3) is 5.25. The van der Waals surface area contributed by atoms with E-state index in [0.29, 0.717) is 23.0 Å². The van der Waals surface area contributed by atoms with E-state index in [9.17, 15) is 19.5 Å². The summed E-state index contributed by atoms with van der Waals surface area (Å²) in [6.45, 7) is 0.724. The number of hydrogen-bond donors (Lipinski definition) is 4. The number of piperidine rings is 1. The first-order chi connectivity index (χ1) is 20.9. The van der Waals surface area contributed by atoms with Gasteiger partial charge in [-0.05, 0) is 68.2 Å². The Morgan fingerprint density at radius 2 is 1.91 bits per heavy atom. The summed E-state index contributed by atoms with van der Waals surface area (Å²) < 4.78 is 0. The quantitative estimate of drug-likeness (QED) is 0.234. The van der Waals surface area contributed by atoms with Crippen LogP contribution in [0.2, 0.25) is 0 Å². The van der Waals surface area contributed by atoms with Crippen LogP contribution in [0.4, 0.5) is 5.69 Å². The Hall–Kier alpha value is -4.64. The molecule has 11 heteroatoms. The van der Waals surface area contributed by atoms with Crippen molar-refractivity contribution in [3.8, 4) is 0 Å². The van der Waals surface area contributed by atoms with Gasteiger partial charge in [0.1, 0.15) is 6.04 Å². The van der Waals surface area contributed by atoms with Crippen LogP contribution in [0.1, 0.15) is 66.4 Å². The predicted octanol–water partition coefficient (Wildman–Crippen LogP) is 2.92. The topological polar surface area (TPSA) is 163 Å². The first-order valence-electron chi connectivity index (χ1n) is 14.8. The number of aliphatic hydroxyl groups is 1. The summed E-state index contributed by atoms with van der Waals surface area (Å²) in [5.41, 5.74) is 12.2. The fourth-order valence-electron chi connectivity index (χ4n) is 6.16. The standard InChI is InChI=1S/C32H33N7O4/c33-29(18-5-6-18)23(26-16-36-24-3-1-2-4-25(24)37-26)15-35-20-11-17(12-20)14-34-19-7-8-21-22(13-19)32(43)39(31(21)42)27-9-10-28(40)38-30(27)41/h1-4,7-8,13,15-18,20,27,31,34,42H,5-6,9-12,14,33H2,(H,38,40,41). The molecule has 1 saturated heterocycles. The van der Waals surface area contributed by atoms with Gasteiger partial charge in [-0.25, -0.2) is 4.98 Å². The zero-order chi connectivity index (χ0) is 29.7. The number of aliphatic hydroxyl groups excluding tert-OH is 1. The van der Waals surface area contributed by atoms with Crippen molar-refractivity contribution in [3.63, 3.8) is 0 Å². The van der Waals surface area contributed by atoms with Crippen LogP contribution >= 0.6 is 0 Å². The number of anilines is 1. The van der Waals surface area contributed by atoms with Crippen molar-refractivity contribution in [1.82, 2.24) is 20.2 Å². The minimum absolute atomic E-state index is 0.130. The molecule has 3 heterocycles. The molecule has 2 aliphatic carbocycles. The van der Waals surface area contributed by atoms with E-state index in [0.717, 1.165) is 65.9 Å². The van der Waals surface area contributed by atoms with E-state index in [1.54, 1.807) is 18.3 Å². The highest BCUT2D eigenvalue weighted by molar-refractivity contribution is 6.10. The molecule has 0 spiro atoms. The summed E-state index contributed by atoms with van der Waals surface area (Å²) in [6, 6.07) is 12.4. The Bertz CT molecular complexity index is 1690. The van der Waals surface area contributed by atoms with Gasteiger partial charge >= 0.3 is 0 Å². The fraction of sp³-hybridized carbons (Fsp3) is 0.375. The number of para-hydroxylation sites is 2. The Balaban J connectivity index is 0.968. The van der Waals surface area contributed by atoms with E-state index >= 15 is 0 Å². The summed E-state index contributed by atoms with van der Waals surface area (Å²) in [6.07, 6.45) is 6.78. The first-order valence-corrected chi connectivity index (χ1v) is 14.8. The minimum Gasteiger partial charge on any atom is -0.401 e. The maximum atomic E-state index is 13.2. The minimum atomic E-state index is -1.22. The Morgan fingerprint density at radius 1 is 1.12 bits per heavy atom. The van der Waals surface area contributed by atoms with Gasteiger partial charge in [0, 0.05) is 47.3 Å². The van der Waals surface area contributed by atoms with Crippen molar-refractivity contribution in [2.24, 2.45) is 22.6 Å². The smallest absolute Gasteiger partial charge is 0.257 e. The summed E-state index contributed by atoms with van der Waals surface area (Å²) >= 11 is 0. The number of nitrogens with two attached hydrogens (primary N) is 1. The SMILES string of the molecule is NC(=C(C=NC1CC(CNc2ccc3c(c2)C(=O)N(C2CCC(=O)NC2=O)C3O)C1)c1cnc2ccccc2n1)C1CC1. The van der Waals surface area contributed by atoms with Crippen molar-refractivity contribution in [3.05, 3.63) is 71.2 Å². The molecule has 4 aliphatic rings. The number of aliphatic imine (C=N–C) groups is 1. The fourth-order valence-corrected chi connectivity index (χ4v) is 6.16. The van der Waals surface area contributed by atoms with Gasteiger partial charge in [-0.15, -0.1) is 0 Å². The molecule has 11 nitrogen and oxygen atoms in total. The number of aromatic nitrogens is 2. The van der Waals surface area contributed by atoms with Crippen LogP contribution in [-0.4, -0.2) is 62.5 Å². The lowest BCUT2D eigenvalue weighted by Gasteiger charge is -2.33. The van der Waals surface area contributed by atoms with Crippen molar-refractivity contribution < 1.29 is 19.5 Å². The van der Waals surface area contributed by atoms with Gasteiger partial charge < -0.3 is 16.2 Å². The third-order valence-electron chi connectivity index (χ3n) is 8.88. The van der Waals surface area contributed by atoms with Gasteiger partial charge in [0.05, 0.1) is 29.0 Å². The molecule has 2 aromatic carbocycles. The molecule has 2 atom stereocenters. The zero-order valence-electron chi connectivity index (χ0n) is 23.6. The van der Waals surface area contributed by atoms with Gasteiger partial charge in [0.2, 0.25) is 11.8 Å². The van der Waals surface area contributed by atoms with Crippen LogP contribution < -0.4 is 16.4 Å². The van der Waals surface area contributed by atoms with Gasteiger partial charge in [-0.3, -0.25) is 34.6 Å². The largest absolute Gasteiger partial charge is 0.401 e. The van der Waals surface area contributed by atoms with Gasteiger partial charge in [-0.2, -0.15) is 0 Å². The number of nitrogens with one attached hydrogen (secondary N) is 2. The van der Waals surface area contributed by atoms with E-state index in [1.807, 2.05) is 36.5 Å². The summed E-state index contributed by atoms with van der Waals surface area (Å²) in [5, 5.41) is 16.5. The molecule has 5 N–H and O–H groups in total. The molecule has 2 unspecified atom stereocenters. The number of rotatable bonds is 8. The summed E-state index contributed by atoms with van der Waals surface area (Å²) in [7, 11) is 0. The van der Waals surface area contributed by atoms with Gasteiger partial charge in [0.15, 0.2) is 6.23 Å². The average molecular weight is 580 g/mol. The van der Waals surface area contributed by atoms with E-state index in [1.165, 1.54) is 4.90 Å². The molecule has 3 aromatic rings. The van der Waals surface area contributed by atoms with Crippen molar-refractivity contribution >= 4 is 46.2 Å². The van der Waals surface area contributed by atoms with Crippen molar-refractivity contribution in [2.75, 3.05) is 11.9 Å².